The molecule has 0 radical (unpaired) electrons. The van der Waals surface area contributed by atoms with Crippen LogP contribution >= 0.6 is 11.6 Å². The van der Waals surface area contributed by atoms with Gasteiger partial charge in [-0.3, -0.25) is 0 Å². The third kappa shape index (κ3) is 2.71. The molecule has 0 saturated carbocycles. The van der Waals surface area contributed by atoms with Crippen molar-refractivity contribution in [3.8, 4) is 0 Å². The number of halogens is 2. The molecule has 1 atom stereocenters. The first-order chi connectivity index (χ1) is 9.91. The van der Waals surface area contributed by atoms with Crippen molar-refractivity contribution in [1.82, 2.24) is 0 Å². The van der Waals surface area contributed by atoms with Crippen molar-refractivity contribution in [2.24, 2.45) is 10.4 Å². The molecule has 0 aromatic rings. The van der Waals surface area contributed by atoms with Gasteiger partial charge in [-0.15, -0.1) is 0 Å². The summed E-state index contributed by atoms with van der Waals surface area (Å²) in [5.41, 5.74) is -0.346. The van der Waals surface area contributed by atoms with Crippen LogP contribution in [-0.2, 0) is 14.6 Å². The summed E-state index contributed by atoms with van der Waals surface area (Å²) in [4.78, 5) is 4.33. The molecule has 0 fully saturated rings. The quantitative estimate of drug-likeness (QED) is 0.780. The Hall–Kier alpha value is -0.880. The highest BCUT2D eigenvalue weighted by molar-refractivity contribution is 7.97. The van der Waals surface area contributed by atoms with E-state index in [-0.39, 0.29) is 21.1 Å². The van der Waals surface area contributed by atoms with E-state index < -0.39 is 27.3 Å². The number of sulfone groups is 1. The molecule has 1 aliphatic heterocycles. The number of aliphatic imine (C=N–C) groups is 1. The average Bonchev–Trinajstić information content (AvgIpc) is 2.81. The van der Waals surface area contributed by atoms with Crippen LogP contribution in [0.2, 0.25) is 0 Å². The smallest absolute Gasteiger partial charge is 0.195 e. The lowest BCUT2D eigenvalue weighted by molar-refractivity contribution is 0.354. The molecule has 0 bridgehead atoms. The number of ether oxygens (including phenoxy) is 1. The van der Waals surface area contributed by atoms with Crippen molar-refractivity contribution in [3.05, 3.63) is 21.8 Å². The van der Waals surface area contributed by atoms with Crippen LogP contribution in [0.25, 0.3) is 0 Å². The standard InChI is InChI=1S/C15H21ClFNO3S/c1-14(2,3)13-18-10-7-6-9(16)12(11(10)21-13)22(19,20)15(4,5)8-17/h6,10H,7-8H2,1-5H3. The van der Waals surface area contributed by atoms with Crippen molar-refractivity contribution in [2.75, 3.05) is 6.67 Å². The Labute approximate surface area is 136 Å². The molecule has 1 aliphatic carbocycles. The molecule has 1 unspecified atom stereocenters. The van der Waals surface area contributed by atoms with Gasteiger partial charge in [0.05, 0.1) is 9.78 Å². The number of alkyl halides is 1. The Kier molecular flexibility index (Phi) is 4.24. The SMILES string of the molecule is CC(C)(C)C1=NC2CC=C(Cl)C(S(=O)(=O)C(C)(C)CF)=C2O1. The van der Waals surface area contributed by atoms with Crippen LogP contribution in [0, 0.1) is 5.41 Å². The molecular weight excluding hydrogens is 329 g/mol. The van der Waals surface area contributed by atoms with Crippen LogP contribution in [0.4, 0.5) is 4.39 Å². The lowest BCUT2D eigenvalue weighted by Crippen LogP contribution is -2.37. The molecule has 2 rings (SSSR count). The van der Waals surface area contributed by atoms with E-state index in [9.17, 15) is 12.8 Å². The minimum atomic E-state index is -3.98. The predicted octanol–water partition coefficient (Wildman–Crippen LogP) is 3.73. The van der Waals surface area contributed by atoms with Gasteiger partial charge in [0.2, 0.25) is 0 Å². The van der Waals surface area contributed by atoms with Crippen LogP contribution in [-0.4, -0.2) is 31.8 Å². The van der Waals surface area contributed by atoms with E-state index in [1.807, 2.05) is 20.8 Å². The molecule has 0 saturated heterocycles. The minimum absolute atomic E-state index is 0.0816. The van der Waals surface area contributed by atoms with Gasteiger partial charge in [-0.2, -0.15) is 0 Å². The molecule has 1 heterocycles. The van der Waals surface area contributed by atoms with E-state index in [4.69, 9.17) is 16.3 Å². The van der Waals surface area contributed by atoms with Gasteiger partial charge in [0.15, 0.2) is 21.5 Å². The fraction of sp³-hybridized carbons (Fsp3) is 0.667. The summed E-state index contributed by atoms with van der Waals surface area (Å²) in [6.45, 7) is 7.46. The van der Waals surface area contributed by atoms with Gasteiger partial charge in [-0.05, 0) is 20.3 Å². The summed E-state index contributed by atoms with van der Waals surface area (Å²) in [6.07, 6.45) is 2.08. The lowest BCUT2D eigenvalue weighted by atomic mass is 9.97. The molecule has 4 nitrogen and oxygen atoms in total. The molecule has 0 amide bonds. The highest BCUT2D eigenvalue weighted by atomic mass is 35.5. The third-order valence-electron chi connectivity index (χ3n) is 3.70. The highest BCUT2D eigenvalue weighted by Gasteiger charge is 2.46. The number of rotatable bonds is 3. The first-order valence-electron chi connectivity index (χ1n) is 7.09. The van der Waals surface area contributed by atoms with Gasteiger partial charge in [0.25, 0.3) is 0 Å². The Morgan fingerprint density at radius 3 is 2.45 bits per heavy atom. The van der Waals surface area contributed by atoms with E-state index in [2.05, 4.69) is 4.99 Å². The van der Waals surface area contributed by atoms with E-state index in [1.165, 1.54) is 13.8 Å². The maximum atomic E-state index is 13.2. The molecule has 0 spiro atoms. The Balaban J connectivity index is 2.58. The molecule has 7 heteroatoms. The third-order valence-corrected chi connectivity index (χ3v) is 6.68. The molecule has 0 aromatic carbocycles. The van der Waals surface area contributed by atoms with E-state index in [0.717, 1.165) is 0 Å². The van der Waals surface area contributed by atoms with Crippen molar-refractivity contribution in [3.63, 3.8) is 0 Å². The zero-order valence-corrected chi connectivity index (χ0v) is 15.0. The molecule has 22 heavy (non-hydrogen) atoms. The van der Waals surface area contributed by atoms with Crippen molar-refractivity contribution in [2.45, 2.75) is 51.8 Å². The van der Waals surface area contributed by atoms with Crippen molar-refractivity contribution < 1.29 is 17.5 Å². The number of fused-ring (bicyclic) bond motifs is 1. The van der Waals surface area contributed by atoms with Crippen LogP contribution in [0.5, 0.6) is 0 Å². The second kappa shape index (κ2) is 5.34. The van der Waals surface area contributed by atoms with E-state index in [1.54, 1.807) is 6.08 Å². The van der Waals surface area contributed by atoms with Gasteiger partial charge in [0.1, 0.15) is 17.6 Å². The monoisotopic (exact) mass is 349 g/mol. The molecule has 124 valence electrons. The Morgan fingerprint density at radius 1 is 1.36 bits per heavy atom. The maximum Gasteiger partial charge on any atom is 0.195 e. The first kappa shape index (κ1) is 17.5. The molecular formula is C15H21ClFNO3S. The van der Waals surface area contributed by atoms with Crippen molar-refractivity contribution >= 4 is 27.3 Å². The summed E-state index contributed by atoms with van der Waals surface area (Å²) in [7, 11) is -3.98. The summed E-state index contributed by atoms with van der Waals surface area (Å²) in [5.74, 6) is 0.692. The predicted molar refractivity (Wildman–Crippen MR) is 86.3 cm³/mol. The zero-order valence-electron chi connectivity index (χ0n) is 13.4. The Bertz CT molecular complexity index is 684. The van der Waals surface area contributed by atoms with Gasteiger partial charge < -0.3 is 4.74 Å². The number of allylic oxidation sites excluding steroid dienone is 1. The highest BCUT2D eigenvalue weighted by Crippen LogP contribution is 2.42. The zero-order chi connectivity index (χ0) is 16.9. The summed E-state index contributed by atoms with van der Waals surface area (Å²) < 4.78 is 43.0. The molecule has 0 N–H and O–H groups in total. The maximum absolute atomic E-state index is 13.2. The van der Waals surface area contributed by atoms with Crippen LogP contribution in [0.15, 0.2) is 26.8 Å². The van der Waals surface area contributed by atoms with Gasteiger partial charge in [-0.25, -0.2) is 17.8 Å². The van der Waals surface area contributed by atoms with Gasteiger partial charge >= 0.3 is 0 Å². The second-order valence-corrected chi connectivity index (χ2v) is 10.1. The summed E-state index contributed by atoms with van der Waals surface area (Å²) in [6, 6.07) is -0.406. The largest absolute Gasteiger partial charge is 0.443 e. The molecule has 0 aromatic heterocycles. The molecule has 2 aliphatic rings. The van der Waals surface area contributed by atoms with Gasteiger partial charge in [-0.1, -0.05) is 38.4 Å². The van der Waals surface area contributed by atoms with Crippen molar-refractivity contribution in [1.29, 1.82) is 0 Å². The Morgan fingerprint density at radius 2 is 1.95 bits per heavy atom. The minimum Gasteiger partial charge on any atom is -0.443 e. The van der Waals surface area contributed by atoms with Crippen LogP contribution in [0.3, 0.4) is 0 Å². The average molecular weight is 350 g/mol. The number of hydrogen-bond donors (Lipinski definition) is 0. The normalized spacial score (nSPS) is 23.0. The first-order valence-corrected chi connectivity index (χ1v) is 8.95. The summed E-state index contributed by atoms with van der Waals surface area (Å²) in [5, 5.41) is 0.0816. The number of hydrogen-bond acceptors (Lipinski definition) is 4. The second-order valence-electron chi connectivity index (χ2n) is 7.18. The van der Waals surface area contributed by atoms with Crippen LogP contribution < -0.4 is 0 Å². The fourth-order valence-corrected chi connectivity index (χ4v) is 4.10. The van der Waals surface area contributed by atoms with Gasteiger partial charge in [0, 0.05) is 5.41 Å². The lowest BCUT2D eigenvalue weighted by Gasteiger charge is -2.26. The van der Waals surface area contributed by atoms with Crippen LogP contribution in [0.1, 0.15) is 41.0 Å². The fourth-order valence-electron chi connectivity index (χ4n) is 2.14. The van der Waals surface area contributed by atoms with E-state index in [0.29, 0.717) is 12.3 Å². The summed E-state index contributed by atoms with van der Waals surface area (Å²) >= 11 is 6.13. The topological polar surface area (TPSA) is 55.7 Å². The number of nitrogens with zero attached hydrogens (tertiary/aromatic N) is 1. The van der Waals surface area contributed by atoms with E-state index >= 15 is 0 Å².